The quantitative estimate of drug-likeness (QED) is 0.814. The third-order valence-corrected chi connectivity index (χ3v) is 2.71. The number of anilines is 1. The van der Waals surface area contributed by atoms with E-state index in [2.05, 4.69) is 27.4 Å². The van der Waals surface area contributed by atoms with Gasteiger partial charge in [-0.3, -0.25) is 0 Å². The number of hydrogen-bond acceptors (Lipinski definition) is 5. The van der Waals surface area contributed by atoms with Crippen molar-refractivity contribution in [3.8, 4) is 5.88 Å². The first-order valence-electron chi connectivity index (χ1n) is 5.49. The van der Waals surface area contributed by atoms with Crippen molar-refractivity contribution in [1.29, 1.82) is 0 Å². The summed E-state index contributed by atoms with van der Waals surface area (Å²) in [5.74, 6) is 1.48. The Balaban J connectivity index is 1.93. The van der Waals surface area contributed by atoms with Crippen LogP contribution in [0.15, 0.2) is 18.2 Å². The van der Waals surface area contributed by atoms with E-state index in [-0.39, 0.29) is 0 Å². The Bertz CT molecular complexity index is 337. The van der Waals surface area contributed by atoms with Crippen molar-refractivity contribution < 1.29 is 4.74 Å². The summed E-state index contributed by atoms with van der Waals surface area (Å²) in [7, 11) is 3.77. The SMILES string of the molecule is COc1cccc(NN2CCN(C)CC2)n1. The standard InChI is InChI=1S/C11H18N4O/c1-14-6-8-15(9-7-14)13-10-4-3-5-11(12-10)16-2/h3-5H,6-9H2,1-2H3,(H,12,13). The zero-order valence-corrected chi connectivity index (χ0v) is 9.81. The van der Waals surface area contributed by atoms with E-state index in [9.17, 15) is 0 Å². The van der Waals surface area contributed by atoms with Gasteiger partial charge in [-0.25, -0.2) is 5.01 Å². The van der Waals surface area contributed by atoms with Crippen molar-refractivity contribution in [3.05, 3.63) is 18.2 Å². The number of hydrogen-bond donors (Lipinski definition) is 1. The number of aromatic nitrogens is 1. The summed E-state index contributed by atoms with van der Waals surface area (Å²) < 4.78 is 5.08. The van der Waals surface area contributed by atoms with Gasteiger partial charge in [-0.15, -0.1) is 0 Å². The molecule has 88 valence electrons. The number of rotatable bonds is 3. The minimum atomic E-state index is 0.638. The van der Waals surface area contributed by atoms with Crippen LogP contribution in [0.5, 0.6) is 5.88 Å². The Morgan fingerprint density at radius 1 is 1.25 bits per heavy atom. The lowest BCUT2D eigenvalue weighted by molar-refractivity contribution is 0.178. The molecule has 1 N–H and O–H groups in total. The molecule has 1 fully saturated rings. The van der Waals surface area contributed by atoms with Crippen LogP contribution in [0.25, 0.3) is 0 Å². The number of hydrazine groups is 1. The minimum absolute atomic E-state index is 0.638. The molecule has 0 aliphatic carbocycles. The number of nitrogens with one attached hydrogen (secondary N) is 1. The number of likely N-dealkylation sites (N-methyl/N-ethyl adjacent to an activating group) is 1. The molecular formula is C11H18N4O. The molecule has 5 heteroatoms. The Morgan fingerprint density at radius 2 is 2.00 bits per heavy atom. The molecule has 2 rings (SSSR count). The average molecular weight is 222 g/mol. The van der Waals surface area contributed by atoms with E-state index in [1.165, 1.54) is 0 Å². The number of ether oxygens (including phenoxy) is 1. The molecule has 5 nitrogen and oxygen atoms in total. The Labute approximate surface area is 96.0 Å². The molecule has 1 aliphatic rings. The first-order chi connectivity index (χ1) is 7.78. The molecule has 1 aromatic heterocycles. The van der Waals surface area contributed by atoms with Crippen LogP contribution in [-0.2, 0) is 0 Å². The number of nitrogens with zero attached hydrogens (tertiary/aromatic N) is 3. The maximum absolute atomic E-state index is 5.08. The fourth-order valence-electron chi connectivity index (χ4n) is 1.67. The van der Waals surface area contributed by atoms with Gasteiger partial charge in [-0.1, -0.05) is 6.07 Å². The van der Waals surface area contributed by atoms with Crippen LogP contribution in [0.2, 0.25) is 0 Å². The van der Waals surface area contributed by atoms with Gasteiger partial charge in [-0.05, 0) is 13.1 Å². The number of piperazine rings is 1. The van der Waals surface area contributed by atoms with E-state index < -0.39 is 0 Å². The highest BCUT2D eigenvalue weighted by Crippen LogP contribution is 2.12. The molecular weight excluding hydrogens is 204 g/mol. The van der Waals surface area contributed by atoms with Crippen molar-refractivity contribution >= 4 is 5.82 Å². The van der Waals surface area contributed by atoms with Gasteiger partial charge in [0.15, 0.2) is 0 Å². The van der Waals surface area contributed by atoms with Crippen molar-refractivity contribution in [3.63, 3.8) is 0 Å². The van der Waals surface area contributed by atoms with Gasteiger partial charge in [0.05, 0.1) is 7.11 Å². The third kappa shape index (κ3) is 2.84. The van der Waals surface area contributed by atoms with E-state index in [1.807, 2.05) is 18.2 Å². The van der Waals surface area contributed by atoms with Crippen LogP contribution in [-0.4, -0.2) is 55.2 Å². The molecule has 0 aromatic carbocycles. The van der Waals surface area contributed by atoms with Crippen molar-refractivity contribution in [2.24, 2.45) is 0 Å². The monoisotopic (exact) mass is 222 g/mol. The molecule has 1 aromatic rings. The Kier molecular flexibility index (Phi) is 3.58. The molecule has 2 heterocycles. The fraction of sp³-hybridized carbons (Fsp3) is 0.545. The Hall–Kier alpha value is -1.33. The van der Waals surface area contributed by atoms with E-state index >= 15 is 0 Å². The van der Waals surface area contributed by atoms with E-state index in [4.69, 9.17) is 4.74 Å². The van der Waals surface area contributed by atoms with Gasteiger partial charge < -0.3 is 15.1 Å². The van der Waals surface area contributed by atoms with Crippen LogP contribution in [0.1, 0.15) is 0 Å². The predicted octanol–water partition coefficient (Wildman–Crippen LogP) is 0.664. The highest BCUT2D eigenvalue weighted by Gasteiger charge is 2.13. The molecule has 0 spiro atoms. The molecule has 0 bridgehead atoms. The summed E-state index contributed by atoms with van der Waals surface area (Å²) in [4.78, 5) is 6.63. The van der Waals surface area contributed by atoms with Crippen LogP contribution in [0.4, 0.5) is 5.82 Å². The van der Waals surface area contributed by atoms with Gasteiger partial charge in [0.2, 0.25) is 5.88 Å². The van der Waals surface area contributed by atoms with Crippen LogP contribution in [0, 0.1) is 0 Å². The molecule has 0 amide bonds. The number of methoxy groups -OCH3 is 1. The van der Waals surface area contributed by atoms with Crippen molar-refractivity contribution in [1.82, 2.24) is 14.9 Å². The lowest BCUT2D eigenvalue weighted by atomic mass is 10.4. The van der Waals surface area contributed by atoms with Gasteiger partial charge in [0.25, 0.3) is 0 Å². The topological polar surface area (TPSA) is 40.6 Å². The van der Waals surface area contributed by atoms with E-state index in [0.717, 1.165) is 32.0 Å². The highest BCUT2D eigenvalue weighted by atomic mass is 16.5. The first-order valence-corrected chi connectivity index (χ1v) is 5.49. The number of pyridine rings is 1. The summed E-state index contributed by atoms with van der Waals surface area (Å²) in [6.45, 7) is 4.18. The Morgan fingerprint density at radius 3 is 2.69 bits per heavy atom. The molecule has 0 atom stereocenters. The average Bonchev–Trinajstić information content (AvgIpc) is 2.32. The zero-order valence-electron chi connectivity index (χ0n) is 9.81. The van der Waals surface area contributed by atoms with Gasteiger partial charge in [0.1, 0.15) is 5.82 Å². The first kappa shape index (κ1) is 11.2. The van der Waals surface area contributed by atoms with E-state index in [0.29, 0.717) is 5.88 Å². The summed E-state index contributed by atoms with van der Waals surface area (Å²) in [6.07, 6.45) is 0. The van der Waals surface area contributed by atoms with Crippen LogP contribution in [0.3, 0.4) is 0 Å². The summed E-state index contributed by atoms with van der Waals surface area (Å²) in [5, 5.41) is 2.18. The maximum Gasteiger partial charge on any atom is 0.214 e. The van der Waals surface area contributed by atoms with Crippen LogP contribution >= 0.6 is 0 Å². The summed E-state index contributed by atoms with van der Waals surface area (Å²) in [6, 6.07) is 5.72. The van der Waals surface area contributed by atoms with Gasteiger partial charge in [-0.2, -0.15) is 4.98 Å². The summed E-state index contributed by atoms with van der Waals surface area (Å²) in [5.41, 5.74) is 3.29. The van der Waals surface area contributed by atoms with Crippen LogP contribution < -0.4 is 10.2 Å². The molecule has 0 unspecified atom stereocenters. The second kappa shape index (κ2) is 5.14. The third-order valence-electron chi connectivity index (χ3n) is 2.71. The fourth-order valence-corrected chi connectivity index (χ4v) is 1.67. The molecule has 0 radical (unpaired) electrons. The largest absolute Gasteiger partial charge is 0.481 e. The van der Waals surface area contributed by atoms with Crippen molar-refractivity contribution in [2.45, 2.75) is 0 Å². The lowest BCUT2D eigenvalue weighted by Gasteiger charge is -2.32. The minimum Gasteiger partial charge on any atom is -0.481 e. The normalized spacial score (nSPS) is 18.4. The second-order valence-corrected chi connectivity index (χ2v) is 3.97. The molecule has 0 saturated carbocycles. The lowest BCUT2D eigenvalue weighted by Crippen LogP contribution is -2.47. The maximum atomic E-state index is 5.08. The smallest absolute Gasteiger partial charge is 0.214 e. The predicted molar refractivity (Wildman–Crippen MR) is 63.5 cm³/mol. The molecule has 16 heavy (non-hydrogen) atoms. The molecule has 1 aliphatic heterocycles. The second-order valence-electron chi connectivity index (χ2n) is 3.97. The van der Waals surface area contributed by atoms with Crippen molar-refractivity contribution in [2.75, 3.05) is 45.8 Å². The highest BCUT2D eigenvalue weighted by molar-refractivity contribution is 5.36. The zero-order chi connectivity index (χ0) is 11.4. The van der Waals surface area contributed by atoms with Gasteiger partial charge >= 0.3 is 0 Å². The van der Waals surface area contributed by atoms with Gasteiger partial charge in [0, 0.05) is 32.2 Å². The molecule has 1 saturated heterocycles. The van der Waals surface area contributed by atoms with E-state index in [1.54, 1.807) is 7.11 Å². The summed E-state index contributed by atoms with van der Waals surface area (Å²) >= 11 is 0.